The maximum absolute atomic E-state index is 5.59. The standard InChI is InChI=1S/C10H8BrN3/c11-10-6-13-5-9(14-10)7-1-3-8(12)4-2-7/h1-6H,12H2. The first-order chi connectivity index (χ1) is 6.75. The smallest absolute Gasteiger partial charge is 0.125 e. The summed E-state index contributed by atoms with van der Waals surface area (Å²) in [6.45, 7) is 0. The fourth-order valence-electron chi connectivity index (χ4n) is 1.14. The molecule has 0 radical (unpaired) electrons. The van der Waals surface area contributed by atoms with E-state index in [0.717, 1.165) is 21.5 Å². The Balaban J connectivity index is 2.44. The van der Waals surface area contributed by atoms with Crippen molar-refractivity contribution in [2.24, 2.45) is 0 Å². The molecule has 70 valence electrons. The summed E-state index contributed by atoms with van der Waals surface area (Å²) in [4.78, 5) is 8.33. The maximum Gasteiger partial charge on any atom is 0.125 e. The third-order valence-corrected chi connectivity index (χ3v) is 2.19. The van der Waals surface area contributed by atoms with Gasteiger partial charge in [0.05, 0.1) is 18.1 Å². The van der Waals surface area contributed by atoms with Gasteiger partial charge < -0.3 is 5.73 Å². The molecule has 2 aromatic rings. The predicted octanol–water partition coefficient (Wildman–Crippen LogP) is 2.49. The number of halogens is 1. The largest absolute Gasteiger partial charge is 0.399 e. The summed E-state index contributed by atoms with van der Waals surface area (Å²) in [6.07, 6.45) is 3.37. The third kappa shape index (κ3) is 1.90. The molecule has 0 aliphatic carbocycles. The lowest BCUT2D eigenvalue weighted by atomic mass is 10.1. The van der Waals surface area contributed by atoms with E-state index in [-0.39, 0.29) is 0 Å². The molecule has 1 heterocycles. The number of nitrogens with zero attached hydrogens (tertiary/aromatic N) is 2. The number of rotatable bonds is 1. The van der Waals surface area contributed by atoms with E-state index in [4.69, 9.17) is 5.73 Å². The Kier molecular flexibility index (Phi) is 2.45. The highest BCUT2D eigenvalue weighted by Gasteiger charge is 1.99. The van der Waals surface area contributed by atoms with E-state index in [0.29, 0.717) is 0 Å². The van der Waals surface area contributed by atoms with Crippen LogP contribution < -0.4 is 5.73 Å². The van der Waals surface area contributed by atoms with Gasteiger partial charge in [0.25, 0.3) is 0 Å². The Bertz CT molecular complexity index is 439. The Labute approximate surface area is 90.1 Å². The number of hydrogen-bond acceptors (Lipinski definition) is 3. The van der Waals surface area contributed by atoms with Crippen LogP contribution in [0.2, 0.25) is 0 Å². The van der Waals surface area contributed by atoms with E-state index in [2.05, 4.69) is 25.9 Å². The fourth-order valence-corrected chi connectivity index (χ4v) is 1.44. The summed E-state index contributed by atoms with van der Waals surface area (Å²) < 4.78 is 0.729. The van der Waals surface area contributed by atoms with Gasteiger partial charge in [-0.25, -0.2) is 4.98 Å². The van der Waals surface area contributed by atoms with Crippen molar-refractivity contribution in [3.05, 3.63) is 41.3 Å². The summed E-state index contributed by atoms with van der Waals surface area (Å²) in [5.74, 6) is 0. The van der Waals surface area contributed by atoms with E-state index in [1.165, 1.54) is 0 Å². The monoisotopic (exact) mass is 249 g/mol. The van der Waals surface area contributed by atoms with Gasteiger partial charge >= 0.3 is 0 Å². The number of anilines is 1. The second-order valence-corrected chi connectivity index (χ2v) is 3.66. The molecule has 2 N–H and O–H groups in total. The van der Waals surface area contributed by atoms with Crippen molar-refractivity contribution in [1.29, 1.82) is 0 Å². The molecule has 0 aliphatic rings. The lowest BCUT2D eigenvalue weighted by Crippen LogP contribution is -1.87. The number of benzene rings is 1. The van der Waals surface area contributed by atoms with Crippen LogP contribution >= 0.6 is 15.9 Å². The number of hydrogen-bond donors (Lipinski definition) is 1. The Morgan fingerprint density at radius 3 is 2.43 bits per heavy atom. The SMILES string of the molecule is Nc1ccc(-c2cncc(Br)n2)cc1. The van der Waals surface area contributed by atoms with Crippen molar-refractivity contribution in [3.8, 4) is 11.3 Å². The van der Waals surface area contributed by atoms with E-state index in [1.807, 2.05) is 24.3 Å². The average molecular weight is 250 g/mol. The van der Waals surface area contributed by atoms with E-state index in [9.17, 15) is 0 Å². The molecular formula is C10H8BrN3. The molecule has 0 unspecified atom stereocenters. The lowest BCUT2D eigenvalue weighted by molar-refractivity contribution is 1.17. The lowest BCUT2D eigenvalue weighted by Gasteiger charge is -2.00. The van der Waals surface area contributed by atoms with Crippen LogP contribution in [-0.2, 0) is 0 Å². The second kappa shape index (κ2) is 3.75. The van der Waals surface area contributed by atoms with Crippen molar-refractivity contribution in [3.63, 3.8) is 0 Å². The van der Waals surface area contributed by atoms with Gasteiger partial charge in [-0.3, -0.25) is 4.98 Å². The molecule has 0 amide bonds. The first-order valence-electron chi connectivity index (χ1n) is 4.09. The van der Waals surface area contributed by atoms with Gasteiger partial charge in [0.1, 0.15) is 4.60 Å². The maximum atomic E-state index is 5.59. The first kappa shape index (κ1) is 9.15. The summed E-state index contributed by atoms with van der Waals surface area (Å²) >= 11 is 3.28. The highest BCUT2D eigenvalue weighted by Crippen LogP contribution is 2.18. The fraction of sp³-hybridized carbons (Fsp3) is 0. The van der Waals surface area contributed by atoms with Crippen LogP contribution in [-0.4, -0.2) is 9.97 Å². The van der Waals surface area contributed by atoms with Crippen LogP contribution in [0, 0.1) is 0 Å². The van der Waals surface area contributed by atoms with Gasteiger partial charge in [0, 0.05) is 11.3 Å². The van der Waals surface area contributed by atoms with Crippen molar-refractivity contribution in [1.82, 2.24) is 9.97 Å². The molecule has 0 atom stereocenters. The molecule has 4 heteroatoms. The second-order valence-electron chi connectivity index (χ2n) is 2.85. The van der Waals surface area contributed by atoms with Gasteiger partial charge in [-0.1, -0.05) is 12.1 Å². The van der Waals surface area contributed by atoms with E-state index in [1.54, 1.807) is 12.4 Å². The van der Waals surface area contributed by atoms with Crippen LogP contribution in [0.4, 0.5) is 5.69 Å². The van der Waals surface area contributed by atoms with Crippen molar-refractivity contribution < 1.29 is 0 Å². The molecule has 0 saturated heterocycles. The number of nitrogen functional groups attached to an aromatic ring is 1. The van der Waals surface area contributed by atoms with Gasteiger partial charge in [0.2, 0.25) is 0 Å². The van der Waals surface area contributed by atoms with Crippen molar-refractivity contribution in [2.75, 3.05) is 5.73 Å². The summed E-state index contributed by atoms with van der Waals surface area (Å²) in [5, 5.41) is 0. The highest BCUT2D eigenvalue weighted by molar-refractivity contribution is 9.10. The molecule has 0 bridgehead atoms. The van der Waals surface area contributed by atoms with Gasteiger partial charge in [0.15, 0.2) is 0 Å². The summed E-state index contributed by atoms with van der Waals surface area (Å²) in [6, 6.07) is 7.54. The van der Waals surface area contributed by atoms with Crippen molar-refractivity contribution >= 4 is 21.6 Å². The molecule has 0 aliphatic heterocycles. The first-order valence-corrected chi connectivity index (χ1v) is 4.88. The Morgan fingerprint density at radius 2 is 1.79 bits per heavy atom. The molecule has 1 aromatic heterocycles. The van der Waals surface area contributed by atoms with Gasteiger partial charge in [-0.2, -0.15) is 0 Å². The van der Waals surface area contributed by atoms with Crippen LogP contribution in [0.15, 0.2) is 41.3 Å². The minimum absolute atomic E-state index is 0.729. The minimum Gasteiger partial charge on any atom is -0.399 e. The molecule has 3 nitrogen and oxygen atoms in total. The zero-order valence-electron chi connectivity index (χ0n) is 7.31. The van der Waals surface area contributed by atoms with E-state index >= 15 is 0 Å². The van der Waals surface area contributed by atoms with Crippen molar-refractivity contribution in [2.45, 2.75) is 0 Å². The third-order valence-electron chi connectivity index (χ3n) is 1.81. The van der Waals surface area contributed by atoms with Crippen LogP contribution in [0.3, 0.4) is 0 Å². The molecule has 0 saturated carbocycles. The molecular weight excluding hydrogens is 242 g/mol. The number of aromatic nitrogens is 2. The summed E-state index contributed by atoms with van der Waals surface area (Å²) in [5.41, 5.74) is 8.18. The molecule has 0 spiro atoms. The molecule has 1 aromatic carbocycles. The van der Waals surface area contributed by atoms with Crippen LogP contribution in [0.25, 0.3) is 11.3 Å². The van der Waals surface area contributed by atoms with Crippen LogP contribution in [0.5, 0.6) is 0 Å². The highest BCUT2D eigenvalue weighted by atomic mass is 79.9. The molecule has 14 heavy (non-hydrogen) atoms. The average Bonchev–Trinajstić information content (AvgIpc) is 2.19. The number of nitrogens with two attached hydrogens (primary N) is 1. The Morgan fingerprint density at radius 1 is 1.07 bits per heavy atom. The zero-order chi connectivity index (χ0) is 9.97. The zero-order valence-corrected chi connectivity index (χ0v) is 8.90. The topological polar surface area (TPSA) is 51.8 Å². The van der Waals surface area contributed by atoms with Crippen LogP contribution in [0.1, 0.15) is 0 Å². The molecule has 2 rings (SSSR count). The molecule has 0 fully saturated rings. The van der Waals surface area contributed by atoms with Gasteiger partial charge in [-0.05, 0) is 28.1 Å². The quantitative estimate of drug-likeness (QED) is 0.791. The Hall–Kier alpha value is -1.42. The predicted molar refractivity (Wildman–Crippen MR) is 59.6 cm³/mol. The van der Waals surface area contributed by atoms with E-state index < -0.39 is 0 Å². The normalized spacial score (nSPS) is 10.1. The van der Waals surface area contributed by atoms with Gasteiger partial charge in [-0.15, -0.1) is 0 Å². The summed E-state index contributed by atoms with van der Waals surface area (Å²) in [7, 11) is 0. The minimum atomic E-state index is 0.729.